The van der Waals surface area contributed by atoms with Crippen molar-refractivity contribution in [3.8, 4) is 0 Å². The van der Waals surface area contributed by atoms with Crippen LogP contribution in [0.1, 0.15) is 25.0 Å². The van der Waals surface area contributed by atoms with E-state index in [1.807, 2.05) is 24.1 Å². The Hall–Kier alpha value is -1.43. The highest BCUT2D eigenvalue weighted by atomic mass is 16.5. The molecule has 1 aromatic carbocycles. The van der Waals surface area contributed by atoms with Gasteiger partial charge in [-0.15, -0.1) is 0 Å². The molecule has 1 heterocycles. The number of ether oxygens (including phenoxy) is 1. The molecular weight excluding hydrogens is 314 g/mol. The van der Waals surface area contributed by atoms with Gasteiger partial charge in [0.15, 0.2) is 0 Å². The molecule has 0 bridgehead atoms. The highest BCUT2D eigenvalue weighted by molar-refractivity contribution is 5.78. The number of rotatable bonds is 8. The van der Waals surface area contributed by atoms with E-state index in [4.69, 9.17) is 4.74 Å². The van der Waals surface area contributed by atoms with Crippen LogP contribution in [0.2, 0.25) is 0 Å². The number of nitrogens with zero attached hydrogens (tertiary/aromatic N) is 2. The second-order valence-electron chi connectivity index (χ2n) is 7.55. The third kappa shape index (κ3) is 7.14. The van der Waals surface area contributed by atoms with Crippen LogP contribution in [0.25, 0.3) is 0 Å². The Balaban J connectivity index is 1.70. The highest BCUT2D eigenvalue weighted by Gasteiger charge is 2.21. The van der Waals surface area contributed by atoms with Gasteiger partial charge in [0.05, 0.1) is 19.3 Å². The fourth-order valence-electron chi connectivity index (χ4n) is 3.25. The molecule has 1 atom stereocenters. The van der Waals surface area contributed by atoms with Crippen LogP contribution in [0.3, 0.4) is 0 Å². The molecule has 1 amide bonds. The van der Waals surface area contributed by atoms with Gasteiger partial charge in [-0.2, -0.15) is 0 Å². The van der Waals surface area contributed by atoms with Crippen LogP contribution in [-0.4, -0.2) is 68.2 Å². The Kier molecular flexibility index (Phi) is 7.88. The van der Waals surface area contributed by atoms with Crippen LogP contribution in [0, 0.1) is 12.8 Å². The predicted octanol–water partition coefficient (Wildman–Crippen LogP) is 1.90. The Morgan fingerprint density at radius 3 is 2.88 bits per heavy atom. The molecule has 2 rings (SSSR count). The van der Waals surface area contributed by atoms with E-state index in [-0.39, 0.29) is 12.0 Å². The average molecular weight is 348 g/mol. The molecule has 0 aromatic heterocycles. The number of benzene rings is 1. The van der Waals surface area contributed by atoms with Crippen molar-refractivity contribution in [3.63, 3.8) is 0 Å². The molecule has 0 saturated carbocycles. The SMILES string of the molecule is Cc1ccccc1CN(C)CC(=O)NCC1CN(CC(C)C)CCO1. The number of amides is 1. The Labute approximate surface area is 152 Å². The van der Waals surface area contributed by atoms with Gasteiger partial charge in [0.1, 0.15) is 0 Å². The lowest BCUT2D eigenvalue weighted by atomic mass is 10.1. The molecule has 1 saturated heterocycles. The topological polar surface area (TPSA) is 44.8 Å². The lowest BCUT2D eigenvalue weighted by molar-refractivity contribution is -0.123. The van der Waals surface area contributed by atoms with E-state index < -0.39 is 0 Å². The number of morpholine rings is 1. The van der Waals surface area contributed by atoms with Crippen LogP contribution >= 0.6 is 0 Å². The van der Waals surface area contributed by atoms with E-state index in [0.717, 1.165) is 32.8 Å². The van der Waals surface area contributed by atoms with E-state index in [2.05, 4.69) is 43.1 Å². The van der Waals surface area contributed by atoms with Gasteiger partial charge < -0.3 is 10.1 Å². The number of likely N-dealkylation sites (N-methyl/N-ethyl adjacent to an activating group) is 1. The summed E-state index contributed by atoms with van der Waals surface area (Å²) >= 11 is 0. The first-order chi connectivity index (χ1) is 11.9. The van der Waals surface area contributed by atoms with Crippen LogP contribution in [-0.2, 0) is 16.1 Å². The maximum atomic E-state index is 12.2. The molecule has 1 aliphatic heterocycles. The second-order valence-corrected chi connectivity index (χ2v) is 7.55. The Bertz CT molecular complexity index is 547. The molecule has 1 N–H and O–H groups in total. The van der Waals surface area contributed by atoms with Crippen molar-refractivity contribution in [2.45, 2.75) is 33.4 Å². The molecule has 5 nitrogen and oxygen atoms in total. The Morgan fingerprint density at radius 2 is 2.16 bits per heavy atom. The monoisotopic (exact) mass is 347 g/mol. The molecule has 1 aliphatic rings. The molecule has 25 heavy (non-hydrogen) atoms. The zero-order valence-electron chi connectivity index (χ0n) is 16.1. The van der Waals surface area contributed by atoms with Gasteiger partial charge >= 0.3 is 0 Å². The molecule has 1 unspecified atom stereocenters. The van der Waals surface area contributed by atoms with Crippen molar-refractivity contribution in [1.82, 2.24) is 15.1 Å². The molecule has 0 aliphatic carbocycles. The van der Waals surface area contributed by atoms with E-state index in [0.29, 0.717) is 19.0 Å². The minimum atomic E-state index is 0.0562. The van der Waals surface area contributed by atoms with Gasteiger partial charge in [0.2, 0.25) is 5.91 Å². The first-order valence-electron chi connectivity index (χ1n) is 9.27. The number of carbonyl (C=O) groups is 1. The zero-order valence-corrected chi connectivity index (χ0v) is 16.1. The molecule has 5 heteroatoms. The highest BCUT2D eigenvalue weighted by Crippen LogP contribution is 2.09. The first kappa shape index (κ1) is 19.9. The summed E-state index contributed by atoms with van der Waals surface area (Å²) in [7, 11) is 1.98. The van der Waals surface area contributed by atoms with Gasteiger partial charge in [-0.25, -0.2) is 0 Å². The van der Waals surface area contributed by atoms with Gasteiger partial charge in [0.25, 0.3) is 0 Å². The predicted molar refractivity (Wildman–Crippen MR) is 102 cm³/mol. The fourth-order valence-corrected chi connectivity index (χ4v) is 3.25. The number of hydrogen-bond acceptors (Lipinski definition) is 4. The third-order valence-corrected chi connectivity index (χ3v) is 4.49. The van der Waals surface area contributed by atoms with Crippen LogP contribution in [0.4, 0.5) is 0 Å². The van der Waals surface area contributed by atoms with Crippen molar-refractivity contribution >= 4 is 5.91 Å². The minimum absolute atomic E-state index is 0.0562. The summed E-state index contributed by atoms with van der Waals surface area (Å²) in [5.41, 5.74) is 2.52. The number of hydrogen-bond donors (Lipinski definition) is 1. The van der Waals surface area contributed by atoms with Crippen LogP contribution in [0.5, 0.6) is 0 Å². The van der Waals surface area contributed by atoms with Crippen molar-refractivity contribution < 1.29 is 9.53 Å². The van der Waals surface area contributed by atoms with Gasteiger partial charge in [-0.05, 0) is 31.0 Å². The molecular formula is C20H33N3O2. The van der Waals surface area contributed by atoms with Crippen LogP contribution in [0.15, 0.2) is 24.3 Å². The van der Waals surface area contributed by atoms with Crippen molar-refractivity contribution in [1.29, 1.82) is 0 Å². The lowest BCUT2D eigenvalue weighted by Crippen LogP contribution is -2.49. The number of aryl methyl sites for hydroxylation is 1. The van der Waals surface area contributed by atoms with Crippen molar-refractivity contribution in [2.75, 3.05) is 46.4 Å². The standard InChI is InChI=1S/C20H33N3O2/c1-16(2)12-23-9-10-25-19(14-23)11-21-20(24)15-22(4)13-18-8-6-5-7-17(18)3/h5-8,16,19H,9-15H2,1-4H3,(H,21,24). The smallest absolute Gasteiger partial charge is 0.234 e. The fraction of sp³-hybridized carbons (Fsp3) is 0.650. The maximum absolute atomic E-state index is 12.2. The average Bonchev–Trinajstić information content (AvgIpc) is 2.55. The molecule has 140 valence electrons. The first-order valence-corrected chi connectivity index (χ1v) is 9.27. The summed E-state index contributed by atoms with van der Waals surface area (Å²) < 4.78 is 5.79. The van der Waals surface area contributed by atoms with E-state index in [1.54, 1.807) is 0 Å². The van der Waals surface area contributed by atoms with Crippen molar-refractivity contribution in [2.24, 2.45) is 5.92 Å². The molecule has 0 spiro atoms. The lowest BCUT2D eigenvalue weighted by Gasteiger charge is -2.34. The zero-order chi connectivity index (χ0) is 18.2. The number of nitrogens with one attached hydrogen (secondary N) is 1. The van der Waals surface area contributed by atoms with E-state index in [9.17, 15) is 4.79 Å². The second kappa shape index (κ2) is 9.90. The summed E-state index contributed by atoms with van der Waals surface area (Å²) in [6.45, 7) is 12.1. The molecule has 0 radical (unpaired) electrons. The van der Waals surface area contributed by atoms with Gasteiger partial charge in [0, 0.05) is 32.7 Å². The quantitative estimate of drug-likeness (QED) is 0.780. The van der Waals surface area contributed by atoms with Crippen LogP contribution < -0.4 is 5.32 Å². The summed E-state index contributed by atoms with van der Waals surface area (Å²) in [4.78, 5) is 16.7. The summed E-state index contributed by atoms with van der Waals surface area (Å²) in [5.74, 6) is 0.712. The summed E-state index contributed by atoms with van der Waals surface area (Å²) in [6.07, 6.45) is 0.0955. The largest absolute Gasteiger partial charge is 0.374 e. The van der Waals surface area contributed by atoms with Crippen molar-refractivity contribution in [3.05, 3.63) is 35.4 Å². The summed E-state index contributed by atoms with van der Waals surface area (Å²) in [6, 6.07) is 8.30. The van der Waals surface area contributed by atoms with E-state index >= 15 is 0 Å². The van der Waals surface area contributed by atoms with Gasteiger partial charge in [-0.3, -0.25) is 14.6 Å². The minimum Gasteiger partial charge on any atom is -0.374 e. The molecule has 1 fully saturated rings. The normalized spacial score (nSPS) is 18.7. The van der Waals surface area contributed by atoms with E-state index in [1.165, 1.54) is 11.1 Å². The van der Waals surface area contributed by atoms with Gasteiger partial charge in [-0.1, -0.05) is 38.1 Å². The third-order valence-electron chi connectivity index (χ3n) is 4.49. The molecule has 1 aromatic rings. The Morgan fingerprint density at radius 1 is 1.40 bits per heavy atom. The summed E-state index contributed by atoms with van der Waals surface area (Å²) in [5, 5.41) is 3.03. The number of carbonyl (C=O) groups excluding carboxylic acids is 1. The maximum Gasteiger partial charge on any atom is 0.234 e.